The third-order valence-electron chi connectivity index (χ3n) is 2.80. The smallest absolute Gasteiger partial charge is 0.0993 e. The van der Waals surface area contributed by atoms with Crippen molar-refractivity contribution in [3.05, 3.63) is 16.4 Å². The Labute approximate surface area is 105 Å². The van der Waals surface area contributed by atoms with E-state index in [-0.39, 0.29) is 5.92 Å². The standard InChI is InChI=1S/C11H19BrN2O2/c1-4-8(2)11(15)10-9(12)7-13-14(10)5-6-16-3/h7-8,11,15H,4-6H2,1-3H3. The highest BCUT2D eigenvalue weighted by Crippen LogP contribution is 2.29. The van der Waals surface area contributed by atoms with Crippen molar-refractivity contribution in [2.75, 3.05) is 13.7 Å². The van der Waals surface area contributed by atoms with Gasteiger partial charge in [-0.2, -0.15) is 5.10 Å². The Morgan fingerprint density at radius 3 is 2.88 bits per heavy atom. The van der Waals surface area contributed by atoms with Crippen molar-refractivity contribution >= 4 is 15.9 Å². The molecule has 4 nitrogen and oxygen atoms in total. The van der Waals surface area contributed by atoms with Crippen LogP contribution in [0.5, 0.6) is 0 Å². The van der Waals surface area contributed by atoms with E-state index in [0.717, 1.165) is 16.6 Å². The first-order valence-electron chi connectivity index (χ1n) is 5.50. The number of rotatable bonds is 6. The number of aliphatic hydroxyl groups is 1. The molecule has 0 fully saturated rings. The van der Waals surface area contributed by atoms with Crippen molar-refractivity contribution in [1.29, 1.82) is 0 Å². The fourth-order valence-corrected chi connectivity index (χ4v) is 2.05. The van der Waals surface area contributed by atoms with Crippen LogP contribution < -0.4 is 0 Å². The van der Waals surface area contributed by atoms with Crippen LogP contribution in [0.3, 0.4) is 0 Å². The van der Waals surface area contributed by atoms with Crippen molar-refractivity contribution in [3.63, 3.8) is 0 Å². The number of halogens is 1. The molecule has 0 bridgehead atoms. The number of hydrogen-bond acceptors (Lipinski definition) is 3. The van der Waals surface area contributed by atoms with Crippen molar-refractivity contribution in [2.45, 2.75) is 32.9 Å². The zero-order chi connectivity index (χ0) is 12.1. The maximum atomic E-state index is 10.2. The number of ether oxygens (including phenoxy) is 1. The van der Waals surface area contributed by atoms with Crippen LogP contribution in [0.15, 0.2) is 10.7 Å². The van der Waals surface area contributed by atoms with Crippen LogP contribution in [0.4, 0.5) is 0 Å². The van der Waals surface area contributed by atoms with Crippen LogP contribution in [0, 0.1) is 5.92 Å². The highest BCUT2D eigenvalue weighted by molar-refractivity contribution is 9.10. The third-order valence-corrected chi connectivity index (χ3v) is 3.41. The molecule has 5 heteroatoms. The molecule has 0 saturated heterocycles. The second-order valence-corrected chi connectivity index (χ2v) is 4.78. The molecule has 1 aromatic rings. The topological polar surface area (TPSA) is 47.3 Å². The van der Waals surface area contributed by atoms with Gasteiger partial charge in [0.15, 0.2) is 0 Å². The summed E-state index contributed by atoms with van der Waals surface area (Å²) in [6.07, 6.45) is 2.17. The minimum Gasteiger partial charge on any atom is -0.386 e. The normalized spacial score (nSPS) is 15.1. The van der Waals surface area contributed by atoms with Gasteiger partial charge in [-0.1, -0.05) is 20.3 Å². The van der Waals surface area contributed by atoms with Crippen LogP contribution in [-0.4, -0.2) is 28.6 Å². The van der Waals surface area contributed by atoms with Crippen molar-refractivity contribution in [3.8, 4) is 0 Å². The lowest BCUT2D eigenvalue weighted by molar-refractivity contribution is 0.101. The van der Waals surface area contributed by atoms with Crippen LogP contribution >= 0.6 is 15.9 Å². The van der Waals surface area contributed by atoms with Crippen LogP contribution in [0.1, 0.15) is 32.1 Å². The minimum absolute atomic E-state index is 0.217. The fraction of sp³-hybridized carbons (Fsp3) is 0.727. The molecule has 0 aromatic carbocycles. The molecule has 1 N–H and O–H groups in total. The SMILES string of the molecule is CCC(C)C(O)c1c(Br)cnn1CCOC. The van der Waals surface area contributed by atoms with Gasteiger partial charge < -0.3 is 9.84 Å². The quantitative estimate of drug-likeness (QED) is 0.875. The third kappa shape index (κ3) is 3.06. The van der Waals surface area contributed by atoms with E-state index in [1.807, 2.05) is 6.92 Å². The zero-order valence-electron chi connectivity index (χ0n) is 9.98. The summed E-state index contributed by atoms with van der Waals surface area (Å²) in [5.74, 6) is 0.217. The first kappa shape index (κ1) is 13.7. The van der Waals surface area contributed by atoms with Gasteiger partial charge in [-0.15, -0.1) is 0 Å². The lowest BCUT2D eigenvalue weighted by atomic mass is 9.99. The van der Waals surface area contributed by atoms with E-state index in [9.17, 15) is 5.11 Å². The van der Waals surface area contributed by atoms with Gasteiger partial charge in [-0.3, -0.25) is 4.68 Å². The number of nitrogens with zero attached hydrogens (tertiary/aromatic N) is 2. The van der Waals surface area contributed by atoms with Crippen LogP contribution in [-0.2, 0) is 11.3 Å². The monoisotopic (exact) mass is 290 g/mol. The first-order valence-corrected chi connectivity index (χ1v) is 6.29. The zero-order valence-corrected chi connectivity index (χ0v) is 11.6. The Kier molecular flexibility index (Phi) is 5.44. The molecule has 1 rings (SSSR count). The predicted molar refractivity (Wildman–Crippen MR) is 66.2 cm³/mol. The van der Waals surface area contributed by atoms with Gasteiger partial charge in [0.1, 0.15) is 0 Å². The molecular weight excluding hydrogens is 272 g/mol. The van der Waals surface area contributed by atoms with E-state index in [4.69, 9.17) is 4.74 Å². The highest BCUT2D eigenvalue weighted by atomic mass is 79.9. The summed E-state index contributed by atoms with van der Waals surface area (Å²) in [7, 11) is 1.66. The summed E-state index contributed by atoms with van der Waals surface area (Å²) >= 11 is 3.42. The van der Waals surface area contributed by atoms with Gasteiger partial charge >= 0.3 is 0 Å². The molecule has 16 heavy (non-hydrogen) atoms. The molecule has 1 heterocycles. The molecule has 92 valence electrons. The summed E-state index contributed by atoms with van der Waals surface area (Å²) in [6, 6.07) is 0. The van der Waals surface area contributed by atoms with E-state index >= 15 is 0 Å². The van der Waals surface area contributed by atoms with Gasteiger partial charge in [-0.25, -0.2) is 0 Å². The van der Waals surface area contributed by atoms with E-state index in [0.29, 0.717) is 13.2 Å². The molecular formula is C11H19BrN2O2. The Bertz CT molecular complexity index is 328. The van der Waals surface area contributed by atoms with Gasteiger partial charge in [-0.05, 0) is 21.8 Å². The average molecular weight is 291 g/mol. The number of methoxy groups -OCH3 is 1. The summed E-state index contributed by atoms with van der Waals surface area (Å²) < 4.78 is 7.67. The van der Waals surface area contributed by atoms with Crippen molar-refractivity contribution < 1.29 is 9.84 Å². The second kappa shape index (κ2) is 6.37. The number of aromatic nitrogens is 2. The van der Waals surface area contributed by atoms with Crippen LogP contribution in [0.2, 0.25) is 0 Å². The molecule has 0 aliphatic carbocycles. The van der Waals surface area contributed by atoms with Crippen molar-refractivity contribution in [2.24, 2.45) is 5.92 Å². The van der Waals surface area contributed by atoms with Gasteiger partial charge in [0.2, 0.25) is 0 Å². The van der Waals surface area contributed by atoms with E-state index in [2.05, 4.69) is 28.0 Å². The molecule has 0 saturated carbocycles. The summed E-state index contributed by atoms with van der Waals surface area (Å²) in [5, 5.41) is 14.4. The molecule has 0 radical (unpaired) electrons. The Hall–Kier alpha value is -0.390. The second-order valence-electron chi connectivity index (χ2n) is 3.92. The van der Waals surface area contributed by atoms with Crippen molar-refractivity contribution in [1.82, 2.24) is 9.78 Å². The lowest BCUT2D eigenvalue weighted by Gasteiger charge is -2.19. The minimum atomic E-state index is -0.487. The van der Waals surface area contributed by atoms with Gasteiger partial charge in [0.05, 0.1) is 35.6 Å². The molecule has 0 amide bonds. The largest absolute Gasteiger partial charge is 0.386 e. The maximum Gasteiger partial charge on any atom is 0.0993 e. The predicted octanol–water partition coefficient (Wildman–Crippen LogP) is 2.37. The molecule has 0 spiro atoms. The highest BCUT2D eigenvalue weighted by Gasteiger charge is 2.22. The molecule has 2 unspecified atom stereocenters. The molecule has 2 atom stereocenters. The van der Waals surface area contributed by atoms with E-state index in [1.54, 1.807) is 18.0 Å². The summed E-state index contributed by atoms with van der Waals surface area (Å²) in [4.78, 5) is 0. The fourth-order valence-electron chi connectivity index (χ4n) is 1.51. The first-order chi connectivity index (χ1) is 7.61. The van der Waals surface area contributed by atoms with E-state index < -0.39 is 6.10 Å². The molecule has 1 aromatic heterocycles. The Morgan fingerprint density at radius 2 is 2.31 bits per heavy atom. The summed E-state index contributed by atoms with van der Waals surface area (Å²) in [6.45, 7) is 5.35. The summed E-state index contributed by atoms with van der Waals surface area (Å²) in [5.41, 5.74) is 0.839. The van der Waals surface area contributed by atoms with Gasteiger partial charge in [0, 0.05) is 7.11 Å². The maximum absolute atomic E-state index is 10.2. The Balaban J connectivity index is 2.87. The van der Waals surface area contributed by atoms with Crippen LogP contribution in [0.25, 0.3) is 0 Å². The average Bonchev–Trinajstić information content (AvgIpc) is 2.65. The Morgan fingerprint density at radius 1 is 1.62 bits per heavy atom. The molecule has 0 aliphatic heterocycles. The number of aliphatic hydroxyl groups excluding tert-OH is 1. The lowest BCUT2D eigenvalue weighted by Crippen LogP contribution is -2.17. The van der Waals surface area contributed by atoms with Gasteiger partial charge in [0.25, 0.3) is 0 Å². The van der Waals surface area contributed by atoms with E-state index in [1.165, 1.54) is 0 Å². The molecule has 0 aliphatic rings. The number of hydrogen-bond donors (Lipinski definition) is 1.